The lowest BCUT2D eigenvalue weighted by Crippen LogP contribution is -2.40. The van der Waals surface area contributed by atoms with Crippen LogP contribution >= 0.6 is 11.3 Å². The molecule has 0 bridgehead atoms. The standard InChI is InChI=1S/C29H32N2O4S/c1-16-15-22(34-5)23(24-20-13-14-36-26(20)27(32)31-25(16)24)18-11-9-17(10-12-18)19-7-6-8-21(19)30-28(33)35-29(2,3)4/h9-15,19,21H,6-8H2,1-5H3,(H,30,33)(H,31,32). The zero-order valence-electron chi connectivity index (χ0n) is 21.4. The van der Waals surface area contributed by atoms with E-state index in [4.69, 9.17) is 9.47 Å². The van der Waals surface area contributed by atoms with Gasteiger partial charge in [-0.2, -0.15) is 0 Å². The van der Waals surface area contributed by atoms with Crippen molar-refractivity contribution in [1.29, 1.82) is 0 Å². The van der Waals surface area contributed by atoms with Crippen molar-refractivity contribution in [3.8, 4) is 16.9 Å². The van der Waals surface area contributed by atoms with Crippen LogP contribution in [0.5, 0.6) is 5.75 Å². The number of amides is 1. The third-order valence-corrected chi connectivity index (χ3v) is 7.85. The zero-order chi connectivity index (χ0) is 25.6. The van der Waals surface area contributed by atoms with Crippen LogP contribution in [-0.2, 0) is 4.74 Å². The summed E-state index contributed by atoms with van der Waals surface area (Å²) in [7, 11) is 1.68. The van der Waals surface area contributed by atoms with Crippen LogP contribution in [0.1, 0.15) is 57.1 Å². The topological polar surface area (TPSA) is 80.4 Å². The van der Waals surface area contributed by atoms with E-state index in [9.17, 15) is 9.59 Å². The molecule has 2 aromatic carbocycles. The minimum atomic E-state index is -0.520. The Labute approximate surface area is 214 Å². The largest absolute Gasteiger partial charge is 0.496 e. The van der Waals surface area contributed by atoms with Crippen LogP contribution in [0.3, 0.4) is 0 Å². The SMILES string of the molecule is COc1cc(C)c2[nH]c(=O)c3sccc3c2c1-c1ccc(C2CCCC2NC(=O)OC(C)(C)C)cc1. The summed E-state index contributed by atoms with van der Waals surface area (Å²) < 4.78 is 12.0. The van der Waals surface area contributed by atoms with Gasteiger partial charge in [0.05, 0.1) is 12.6 Å². The third-order valence-electron chi connectivity index (χ3n) is 6.93. The Kier molecular flexibility index (Phi) is 6.29. The number of fused-ring (bicyclic) bond motifs is 3. The van der Waals surface area contributed by atoms with Gasteiger partial charge in [0.1, 0.15) is 16.1 Å². The molecule has 6 nitrogen and oxygen atoms in total. The van der Waals surface area contributed by atoms with Crippen molar-refractivity contribution in [3.63, 3.8) is 0 Å². The minimum absolute atomic E-state index is 0.0518. The fourth-order valence-electron chi connectivity index (χ4n) is 5.40. The number of H-pyrrole nitrogens is 1. The van der Waals surface area contributed by atoms with Crippen LogP contribution in [0.25, 0.3) is 32.1 Å². The molecule has 2 atom stereocenters. The predicted octanol–water partition coefficient (Wildman–Crippen LogP) is 6.89. The number of hydrogen-bond acceptors (Lipinski definition) is 5. The van der Waals surface area contributed by atoms with Gasteiger partial charge in [0, 0.05) is 28.3 Å². The van der Waals surface area contributed by atoms with E-state index in [1.807, 2.05) is 45.2 Å². The molecule has 0 spiro atoms. The van der Waals surface area contributed by atoms with Gasteiger partial charge in [0.15, 0.2) is 0 Å². The molecule has 2 unspecified atom stereocenters. The average molecular weight is 505 g/mol. The van der Waals surface area contributed by atoms with Crippen LogP contribution < -0.4 is 15.6 Å². The number of hydrogen-bond donors (Lipinski definition) is 2. The molecule has 5 rings (SSSR count). The highest BCUT2D eigenvalue weighted by atomic mass is 32.1. The Morgan fingerprint density at radius 1 is 1.14 bits per heavy atom. The van der Waals surface area contributed by atoms with E-state index in [-0.39, 0.29) is 23.6 Å². The molecule has 0 aliphatic heterocycles. The molecule has 1 aliphatic carbocycles. The number of aryl methyl sites for hydroxylation is 1. The van der Waals surface area contributed by atoms with Gasteiger partial charge in [0.2, 0.25) is 0 Å². The van der Waals surface area contributed by atoms with Gasteiger partial charge in [-0.15, -0.1) is 11.3 Å². The molecule has 2 N–H and O–H groups in total. The van der Waals surface area contributed by atoms with E-state index in [2.05, 4.69) is 34.6 Å². The van der Waals surface area contributed by atoms with Gasteiger partial charge < -0.3 is 19.8 Å². The highest BCUT2D eigenvalue weighted by Crippen LogP contribution is 2.43. The van der Waals surface area contributed by atoms with E-state index in [1.54, 1.807) is 7.11 Å². The molecule has 7 heteroatoms. The molecule has 0 saturated heterocycles. The number of aromatic nitrogens is 1. The maximum absolute atomic E-state index is 12.7. The maximum atomic E-state index is 12.7. The van der Waals surface area contributed by atoms with Crippen LogP contribution in [-0.4, -0.2) is 29.8 Å². The van der Waals surface area contributed by atoms with Crippen molar-refractivity contribution in [2.45, 2.75) is 64.5 Å². The first-order valence-electron chi connectivity index (χ1n) is 12.4. The summed E-state index contributed by atoms with van der Waals surface area (Å²) in [5.74, 6) is 1.01. The van der Waals surface area contributed by atoms with Gasteiger partial charge in [-0.1, -0.05) is 30.7 Å². The zero-order valence-corrected chi connectivity index (χ0v) is 22.2. The number of thiophene rings is 1. The highest BCUT2D eigenvalue weighted by molar-refractivity contribution is 7.17. The van der Waals surface area contributed by atoms with Gasteiger partial charge in [-0.25, -0.2) is 4.79 Å². The van der Waals surface area contributed by atoms with Crippen molar-refractivity contribution < 1.29 is 14.3 Å². The summed E-state index contributed by atoms with van der Waals surface area (Å²) in [5.41, 5.74) is 4.41. The lowest BCUT2D eigenvalue weighted by Gasteiger charge is -2.25. The Morgan fingerprint density at radius 2 is 1.89 bits per heavy atom. The van der Waals surface area contributed by atoms with Crippen molar-refractivity contribution in [2.24, 2.45) is 0 Å². The van der Waals surface area contributed by atoms with E-state index in [0.717, 1.165) is 62.7 Å². The van der Waals surface area contributed by atoms with Gasteiger partial charge >= 0.3 is 6.09 Å². The summed E-state index contributed by atoms with van der Waals surface area (Å²) in [6.45, 7) is 7.61. The van der Waals surface area contributed by atoms with Gasteiger partial charge in [-0.3, -0.25) is 4.79 Å². The van der Waals surface area contributed by atoms with Gasteiger partial charge in [-0.05, 0) is 74.7 Å². The van der Waals surface area contributed by atoms with Crippen LogP contribution in [0.4, 0.5) is 4.79 Å². The number of pyridine rings is 1. The second kappa shape index (κ2) is 9.28. The van der Waals surface area contributed by atoms with E-state index in [0.29, 0.717) is 0 Å². The number of carbonyl (C=O) groups is 1. The van der Waals surface area contributed by atoms with Crippen molar-refractivity contribution >= 4 is 38.4 Å². The van der Waals surface area contributed by atoms with Crippen LogP contribution in [0, 0.1) is 6.92 Å². The highest BCUT2D eigenvalue weighted by Gasteiger charge is 2.31. The molecule has 36 heavy (non-hydrogen) atoms. The van der Waals surface area contributed by atoms with Crippen LogP contribution in [0.15, 0.2) is 46.6 Å². The number of carbonyl (C=O) groups excluding carboxylic acids is 1. The Hall–Kier alpha value is -3.32. The Morgan fingerprint density at radius 3 is 2.58 bits per heavy atom. The normalized spacial score (nSPS) is 18.0. The van der Waals surface area contributed by atoms with Crippen molar-refractivity contribution in [3.05, 3.63) is 63.3 Å². The Bertz CT molecular complexity index is 1490. The van der Waals surface area contributed by atoms with E-state index < -0.39 is 5.60 Å². The summed E-state index contributed by atoms with van der Waals surface area (Å²) in [6.07, 6.45) is 2.66. The monoisotopic (exact) mass is 504 g/mol. The smallest absolute Gasteiger partial charge is 0.407 e. The molecule has 2 aromatic heterocycles. The molecule has 188 valence electrons. The molecule has 1 fully saturated rings. The fraction of sp³-hybridized carbons (Fsp3) is 0.379. The summed E-state index contributed by atoms with van der Waals surface area (Å²) >= 11 is 1.45. The number of aromatic amines is 1. The number of nitrogens with one attached hydrogen (secondary N) is 2. The van der Waals surface area contributed by atoms with E-state index >= 15 is 0 Å². The van der Waals surface area contributed by atoms with Gasteiger partial charge in [0.25, 0.3) is 5.56 Å². The molecule has 1 saturated carbocycles. The first-order valence-corrected chi connectivity index (χ1v) is 13.2. The molecular weight excluding hydrogens is 472 g/mol. The number of benzene rings is 2. The average Bonchev–Trinajstić information content (AvgIpc) is 3.49. The molecule has 1 amide bonds. The molecule has 1 aliphatic rings. The maximum Gasteiger partial charge on any atom is 0.407 e. The first-order chi connectivity index (χ1) is 17.2. The van der Waals surface area contributed by atoms with E-state index in [1.165, 1.54) is 16.9 Å². The predicted molar refractivity (Wildman–Crippen MR) is 146 cm³/mol. The molecule has 2 heterocycles. The summed E-state index contributed by atoms with van der Waals surface area (Å²) in [5, 5.41) is 6.99. The fourth-order valence-corrected chi connectivity index (χ4v) is 6.20. The summed E-state index contributed by atoms with van der Waals surface area (Å²) in [4.78, 5) is 28.2. The summed E-state index contributed by atoms with van der Waals surface area (Å²) in [6, 6.07) is 12.6. The van der Waals surface area contributed by atoms with Crippen LogP contribution in [0.2, 0.25) is 0 Å². The molecular formula is C29H32N2O4S. The van der Waals surface area contributed by atoms with Crippen molar-refractivity contribution in [1.82, 2.24) is 10.3 Å². The quantitative estimate of drug-likeness (QED) is 0.317. The molecule has 0 radical (unpaired) electrons. The number of ether oxygens (including phenoxy) is 2. The lowest BCUT2D eigenvalue weighted by atomic mass is 9.90. The minimum Gasteiger partial charge on any atom is -0.496 e. The second-order valence-electron chi connectivity index (χ2n) is 10.6. The number of methoxy groups -OCH3 is 1. The number of rotatable bonds is 4. The lowest BCUT2D eigenvalue weighted by molar-refractivity contribution is 0.0501. The molecule has 4 aromatic rings. The number of alkyl carbamates (subject to hydrolysis) is 1. The third kappa shape index (κ3) is 4.48. The Balaban J connectivity index is 1.53. The second-order valence-corrected chi connectivity index (χ2v) is 11.5. The first kappa shape index (κ1) is 24.4. The van der Waals surface area contributed by atoms with Crippen molar-refractivity contribution in [2.75, 3.05) is 7.11 Å².